The van der Waals surface area contributed by atoms with Crippen LogP contribution in [0.1, 0.15) is 39.2 Å². The second-order valence-corrected chi connectivity index (χ2v) is 8.03. The molecular weight excluding hydrogens is 435 g/mol. The lowest BCUT2D eigenvalue weighted by atomic mass is 9.79. The number of alkyl halides is 1. The summed E-state index contributed by atoms with van der Waals surface area (Å²) < 4.78 is 24.1. The van der Waals surface area contributed by atoms with E-state index in [-0.39, 0.29) is 30.8 Å². The predicted octanol–water partition coefficient (Wildman–Crippen LogP) is 3.63. The molecule has 1 heterocycles. The zero-order chi connectivity index (χ0) is 24.9. The maximum atomic E-state index is 14.1. The summed E-state index contributed by atoms with van der Waals surface area (Å²) in [7, 11) is 1.19. The third-order valence-corrected chi connectivity index (χ3v) is 5.30. The first-order valence-electron chi connectivity index (χ1n) is 10.3. The summed E-state index contributed by atoms with van der Waals surface area (Å²) in [4.78, 5) is 48.4. The highest BCUT2D eigenvalue weighted by Gasteiger charge is 2.53. The summed E-state index contributed by atoms with van der Waals surface area (Å²) in [5.74, 6) is -2.77. The first kappa shape index (κ1) is 25.7. The number of amides is 1. The topological polar surface area (TPSA) is 116 Å². The molecule has 0 aliphatic carbocycles. The van der Waals surface area contributed by atoms with Gasteiger partial charge in [0.15, 0.2) is 0 Å². The van der Waals surface area contributed by atoms with Crippen LogP contribution in [0.15, 0.2) is 47.7 Å². The molecule has 0 N–H and O–H groups in total. The van der Waals surface area contributed by atoms with Crippen LogP contribution in [0.3, 0.4) is 0 Å². The number of rotatable bonds is 10. The molecule has 10 heteroatoms. The molecule has 0 aromatic heterocycles. The van der Waals surface area contributed by atoms with Crippen molar-refractivity contribution in [3.63, 3.8) is 0 Å². The van der Waals surface area contributed by atoms with Crippen LogP contribution in [-0.4, -0.2) is 47.0 Å². The van der Waals surface area contributed by atoms with Gasteiger partial charge in [0.05, 0.1) is 30.4 Å². The number of β-lactam (4-membered cyclic amide) rings is 1. The van der Waals surface area contributed by atoms with Gasteiger partial charge in [0.25, 0.3) is 5.69 Å². The Morgan fingerprint density at radius 1 is 1.27 bits per heavy atom. The van der Waals surface area contributed by atoms with Crippen LogP contribution in [0, 0.1) is 16.0 Å². The number of allylic oxidation sites excluding steroid dienone is 1. The molecule has 33 heavy (non-hydrogen) atoms. The molecular formula is C23H27FN2O7. The summed E-state index contributed by atoms with van der Waals surface area (Å²) in [5.41, 5.74) is 1.51. The Balaban J connectivity index is 2.02. The highest BCUT2D eigenvalue weighted by Crippen LogP contribution is 2.39. The Labute approximate surface area is 191 Å². The predicted molar refractivity (Wildman–Crippen MR) is 116 cm³/mol. The van der Waals surface area contributed by atoms with Crippen molar-refractivity contribution < 1.29 is 33.2 Å². The Hall–Kier alpha value is -3.56. The standard InChI is InChI=1S/C23H27FN2O7/c1-13(2)21(23(29)32-5)25-18(20(15(4)24)22(25)28)10-14(3)11-19(27)33-12-16-6-8-17(9-7-16)26(30)31/h6-9,15,18,20H,3,10-12H2,1-2,4-5H3/t15-,18+,20+/m0/s1. The largest absolute Gasteiger partial charge is 0.464 e. The fourth-order valence-corrected chi connectivity index (χ4v) is 3.70. The van der Waals surface area contributed by atoms with E-state index in [1.165, 1.54) is 43.2 Å². The summed E-state index contributed by atoms with van der Waals surface area (Å²) in [6.45, 7) is 8.34. The lowest BCUT2D eigenvalue weighted by molar-refractivity contribution is -0.384. The molecule has 1 saturated heterocycles. The van der Waals surface area contributed by atoms with Gasteiger partial charge in [-0.15, -0.1) is 0 Å². The molecule has 0 unspecified atom stereocenters. The first-order chi connectivity index (χ1) is 15.5. The molecule has 1 aromatic rings. The van der Waals surface area contributed by atoms with Gasteiger partial charge in [-0.2, -0.15) is 0 Å². The van der Waals surface area contributed by atoms with Crippen LogP contribution in [0.5, 0.6) is 0 Å². The van der Waals surface area contributed by atoms with Gasteiger partial charge in [-0.25, -0.2) is 9.18 Å². The lowest BCUT2D eigenvalue weighted by Gasteiger charge is -2.48. The normalized spacial score (nSPS) is 18.1. The van der Waals surface area contributed by atoms with Crippen LogP contribution in [0.25, 0.3) is 0 Å². The van der Waals surface area contributed by atoms with Gasteiger partial charge in [-0.1, -0.05) is 12.2 Å². The molecule has 2 rings (SSSR count). The average molecular weight is 462 g/mol. The number of benzene rings is 1. The number of nitro groups is 1. The average Bonchev–Trinajstić information content (AvgIpc) is 2.74. The summed E-state index contributed by atoms with van der Waals surface area (Å²) in [5, 5.41) is 10.7. The highest BCUT2D eigenvalue weighted by atomic mass is 19.1. The zero-order valence-corrected chi connectivity index (χ0v) is 19.0. The number of methoxy groups -OCH3 is 1. The minimum absolute atomic E-state index is 0.0537. The number of hydrogen-bond acceptors (Lipinski definition) is 7. The third-order valence-electron chi connectivity index (χ3n) is 5.30. The van der Waals surface area contributed by atoms with Crippen LogP contribution in [-0.2, 0) is 30.5 Å². The fraction of sp³-hybridized carbons (Fsp3) is 0.435. The summed E-state index contributed by atoms with van der Waals surface area (Å²) in [6, 6.07) is 4.91. The molecule has 1 aliphatic rings. The van der Waals surface area contributed by atoms with Gasteiger partial charge in [0, 0.05) is 12.1 Å². The second kappa shape index (κ2) is 10.8. The van der Waals surface area contributed by atoms with Crippen molar-refractivity contribution in [3.8, 4) is 0 Å². The van der Waals surface area contributed by atoms with Crippen molar-refractivity contribution in [2.24, 2.45) is 5.92 Å². The molecule has 0 radical (unpaired) electrons. The molecule has 0 spiro atoms. The van der Waals surface area contributed by atoms with E-state index in [1.54, 1.807) is 13.8 Å². The van der Waals surface area contributed by atoms with Gasteiger partial charge in [0.1, 0.15) is 18.5 Å². The molecule has 1 amide bonds. The van der Waals surface area contributed by atoms with E-state index in [0.717, 1.165) is 0 Å². The number of nitro benzene ring substituents is 1. The fourth-order valence-electron chi connectivity index (χ4n) is 3.70. The van der Waals surface area contributed by atoms with Crippen LogP contribution >= 0.6 is 0 Å². The van der Waals surface area contributed by atoms with E-state index < -0.39 is 40.9 Å². The van der Waals surface area contributed by atoms with Crippen molar-refractivity contribution in [2.45, 2.75) is 52.4 Å². The van der Waals surface area contributed by atoms with E-state index in [0.29, 0.717) is 16.7 Å². The smallest absolute Gasteiger partial charge is 0.354 e. The minimum Gasteiger partial charge on any atom is -0.464 e. The number of likely N-dealkylation sites (tertiary alicyclic amines) is 1. The molecule has 1 aromatic carbocycles. The van der Waals surface area contributed by atoms with Crippen molar-refractivity contribution in [1.29, 1.82) is 0 Å². The van der Waals surface area contributed by atoms with Gasteiger partial charge < -0.3 is 14.4 Å². The van der Waals surface area contributed by atoms with Crippen LogP contribution in [0.4, 0.5) is 10.1 Å². The monoisotopic (exact) mass is 462 g/mol. The van der Waals surface area contributed by atoms with Gasteiger partial charge >= 0.3 is 11.9 Å². The van der Waals surface area contributed by atoms with E-state index in [4.69, 9.17) is 9.47 Å². The van der Waals surface area contributed by atoms with E-state index >= 15 is 0 Å². The number of hydrogen-bond donors (Lipinski definition) is 0. The first-order valence-corrected chi connectivity index (χ1v) is 10.3. The number of carbonyl (C=O) groups is 3. The number of halogens is 1. The lowest BCUT2D eigenvalue weighted by Crippen LogP contribution is -2.64. The minimum atomic E-state index is -1.45. The number of ether oxygens (including phenoxy) is 2. The van der Waals surface area contributed by atoms with Crippen LogP contribution in [0.2, 0.25) is 0 Å². The van der Waals surface area contributed by atoms with Crippen molar-refractivity contribution >= 4 is 23.5 Å². The zero-order valence-electron chi connectivity index (χ0n) is 19.0. The number of carbonyl (C=O) groups excluding carboxylic acids is 3. The number of non-ortho nitro benzene ring substituents is 1. The van der Waals surface area contributed by atoms with Crippen LogP contribution < -0.4 is 0 Å². The summed E-state index contributed by atoms with van der Waals surface area (Å²) in [6.07, 6.45) is -1.51. The van der Waals surface area contributed by atoms with E-state index in [2.05, 4.69) is 6.58 Å². The Morgan fingerprint density at radius 2 is 1.88 bits per heavy atom. The number of nitrogens with zero attached hydrogens (tertiary/aromatic N) is 2. The van der Waals surface area contributed by atoms with Crippen molar-refractivity contribution in [2.75, 3.05) is 7.11 Å². The maximum absolute atomic E-state index is 14.1. The molecule has 1 fully saturated rings. The molecule has 0 saturated carbocycles. The van der Waals surface area contributed by atoms with Gasteiger partial charge in [0.2, 0.25) is 5.91 Å². The Kier molecular flexibility index (Phi) is 8.44. The van der Waals surface area contributed by atoms with Crippen molar-refractivity contribution in [3.05, 3.63) is 63.4 Å². The Morgan fingerprint density at radius 3 is 2.36 bits per heavy atom. The summed E-state index contributed by atoms with van der Waals surface area (Å²) >= 11 is 0. The second-order valence-electron chi connectivity index (χ2n) is 8.03. The highest BCUT2D eigenvalue weighted by molar-refractivity contribution is 5.99. The molecule has 178 valence electrons. The maximum Gasteiger partial charge on any atom is 0.354 e. The van der Waals surface area contributed by atoms with E-state index in [1.807, 2.05) is 0 Å². The van der Waals surface area contributed by atoms with Gasteiger partial charge in [-0.3, -0.25) is 19.7 Å². The van der Waals surface area contributed by atoms with E-state index in [9.17, 15) is 28.9 Å². The molecule has 9 nitrogen and oxygen atoms in total. The molecule has 1 aliphatic heterocycles. The number of esters is 2. The Bertz CT molecular complexity index is 981. The SMILES string of the molecule is C=C(CC(=O)OCc1ccc([N+](=O)[O-])cc1)C[C@@H]1[C@@H]([C@H](C)F)C(=O)N1C(C(=O)OC)=C(C)C. The molecule has 0 bridgehead atoms. The molecule has 3 atom stereocenters. The van der Waals surface area contributed by atoms with Gasteiger partial charge in [-0.05, 0) is 50.5 Å². The van der Waals surface area contributed by atoms with Crippen molar-refractivity contribution in [1.82, 2.24) is 4.90 Å². The third kappa shape index (κ3) is 6.03. The quantitative estimate of drug-likeness (QED) is 0.130.